The molecule has 0 spiro atoms. The van der Waals surface area contributed by atoms with Crippen molar-refractivity contribution in [2.45, 2.75) is 13.0 Å². The van der Waals surface area contributed by atoms with Crippen LogP contribution in [-0.2, 0) is 0 Å². The summed E-state index contributed by atoms with van der Waals surface area (Å²) in [5, 5.41) is 3.55. The summed E-state index contributed by atoms with van der Waals surface area (Å²) >= 11 is 0. The molecule has 3 nitrogen and oxygen atoms in total. The lowest BCUT2D eigenvalue weighted by Gasteiger charge is -2.20. The van der Waals surface area contributed by atoms with Gasteiger partial charge in [0.15, 0.2) is 0 Å². The highest BCUT2D eigenvalue weighted by Crippen LogP contribution is 2.26. The fourth-order valence-electron chi connectivity index (χ4n) is 2.31. The van der Waals surface area contributed by atoms with Crippen molar-refractivity contribution < 1.29 is 0 Å². The van der Waals surface area contributed by atoms with Gasteiger partial charge < -0.3 is 5.32 Å². The minimum Gasteiger partial charge on any atom is -0.371 e. The van der Waals surface area contributed by atoms with Gasteiger partial charge >= 0.3 is 0 Å². The first-order chi connectivity index (χ1) is 10.3. The molecule has 104 valence electrons. The van der Waals surface area contributed by atoms with E-state index >= 15 is 0 Å². The lowest BCUT2D eigenvalue weighted by atomic mass is 10.0. The van der Waals surface area contributed by atoms with Gasteiger partial charge in [-0.1, -0.05) is 36.4 Å². The summed E-state index contributed by atoms with van der Waals surface area (Å²) in [5.41, 5.74) is 4.18. The minimum absolute atomic E-state index is 0.00954. The highest BCUT2D eigenvalue weighted by Gasteiger charge is 2.15. The van der Waals surface area contributed by atoms with Gasteiger partial charge in [-0.3, -0.25) is 9.97 Å². The molecule has 1 atom stereocenters. The molecule has 2 aromatic heterocycles. The summed E-state index contributed by atoms with van der Waals surface area (Å²) in [4.78, 5) is 8.83. The minimum atomic E-state index is 0.00954. The van der Waals surface area contributed by atoms with Crippen molar-refractivity contribution in [2.24, 2.45) is 0 Å². The Bertz CT molecular complexity index is 656. The van der Waals surface area contributed by atoms with Gasteiger partial charge in [-0.2, -0.15) is 0 Å². The Hall–Kier alpha value is -2.68. The average molecular weight is 275 g/mol. The lowest BCUT2D eigenvalue weighted by molar-refractivity contribution is 0.882. The Labute approximate surface area is 124 Å². The van der Waals surface area contributed by atoms with E-state index in [1.807, 2.05) is 61.7 Å². The highest BCUT2D eigenvalue weighted by molar-refractivity contribution is 5.51. The average Bonchev–Trinajstić information content (AvgIpc) is 2.56. The molecule has 1 N–H and O–H groups in total. The third kappa shape index (κ3) is 3.08. The summed E-state index contributed by atoms with van der Waals surface area (Å²) < 4.78 is 0. The van der Waals surface area contributed by atoms with Crippen LogP contribution in [0.1, 0.15) is 23.0 Å². The van der Waals surface area contributed by atoms with Gasteiger partial charge in [0.25, 0.3) is 0 Å². The number of anilines is 1. The van der Waals surface area contributed by atoms with E-state index < -0.39 is 0 Å². The Morgan fingerprint density at radius 3 is 2.29 bits per heavy atom. The molecule has 3 aromatic rings. The molecule has 1 unspecified atom stereocenters. The van der Waals surface area contributed by atoms with Crippen molar-refractivity contribution in [3.8, 4) is 0 Å². The second kappa shape index (κ2) is 6.18. The molecule has 0 amide bonds. The van der Waals surface area contributed by atoms with Crippen molar-refractivity contribution in [1.29, 1.82) is 0 Å². The van der Waals surface area contributed by atoms with Crippen LogP contribution in [0.2, 0.25) is 0 Å². The Morgan fingerprint density at radius 1 is 0.810 bits per heavy atom. The monoisotopic (exact) mass is 275 g/mol. The van der Waals surface area contributed by atoms with Crippen LogP contribution in [-0.4, -0.2) is 9.97 Å². The van der Waals surface area contributed by atoms with E-state index in [-0.39, 0.29) is 6.04 Å². The van der Waals surface area contributed by atoms with E-state index in [1.165, 1.54) is 5.56 Å². The van der Waals surface area contributed by atoms with E-state index in [0.29, 0.717) is 0 Å². The standard InChI is InChI=1S/C18H17N3/c1-14-16(11-7-13-19-14)21-18(15-8-3-2-4-9-15)17-10-5-6-12-20-17/h2-13,18,21H,1H3. The molecule has 2 heterocycles. The largest absolute Gasteiger partial charge is 0.371 e. The molecule has 0 aliphatic heterocycles. The molecule has 0 saturated carbocycles. The number of rotatable bonds is 4. The second-order valence-corrected chi connectivity index (χ2v) is 4.88. The predicted octanol–water partition coefficient (Wildman–Crippen LogP) is 3.99. The fraction of sp³-hybridized carbons (Fsp3) is 0.111. The molecule has 0 bridgehead atoms. The van der Waals surface area contributed by atoms with Crippen LogP contribution < -0.4 is 5.32 Å². The van der Waals surface area contributed by atoms with Crippen LogP contribution in [0.3, 0.4) is 0 Å². The predicted molar refractivity (Wildman–Crippen MR) is 85.1 cm³/mol. The summed E-state index contributed by atoms with van der Waals surface area (Å²) in [6.45, 7) is 2.00. The molecule has 0 aliphatic carbocycles. The normalized spacial score (nSPS) is 11.9. The van der Waals surface area contributed by atoms with Crippen molar-refractivity contribution >= 4 is 5.69 Å². The van der Waals surface area contributed by atoms with Crippen LogP contribution >= 0.6 is 0 Å². The molecule has 0 aliphatic rings. The number of aryl methyl sites for hydroxylation is 1. The Kier molecular flexibility index (Phi) is 3.92. The van der Waals surface area contributed by atoms with Crippen LogP contribution in [0.5, 0.6) is 0 Å². The van der Waals surface area contributed by atoms with E-state index in [0.717, 1.165) is 17.1 Å². The Balaban J connectivity index is 1.99. The number of hydrogen-bond donors (Lipinski definition) is 1. The van der Waals surface area contributed by atoms with Gasteiger partial charge in [0.1, 0.15) is 0 Å². The fourth-order valence-corrected chi connectivity index (χ4v) is 2.31. The van der Waals surface area contributed by atoms with Gasteiger partial charge in [-0.25, -0.2) is 0 Å². The molecule has 1 aromatic carbocycles. The topological polar surface area (TPSA) is 37.8 Å². The maximum Gasteiger partial charge on any atom is 0.0940 e. The van der Waals surface area contributed by atoms with Gasteiger partial charge in [-0.05, 0) is 36.8 Å². The van der Waals surface area contributed by atoms with Crippen molar-refractivity contribution in [2.75, 3.05) is 5.32 Å². The SMILES string of the molecule is Cc1ncccc1NC(c1ccccc1)c1ccccn1. The number of nitrogens with zero attached hydrogens (tertiary/aromatic N) is 2. The van der Waals surface area contributed by atoms with Gasteiger partial charge in [0, 0.05) is 12.4 Å². The highest BCUT2D eigenvalue weighted by atomic mass is 15.0. The van der Waals surface area contributed by atoms with E-state index in [2.05, 4.69) is 27.4 Å². The maximum absolute atomic E-state index is 4.50. The molecule has 0 fully saturated rings. The zero-order valence-corrected chi connectivity index (χ0v) is 11.9. The molecule has 3 rings (SSSR count). The second-order valence-electron chi connectivity index (χ2n) is 4.88. The van der Waals surface area contributed by atoms with Crippen molar-refractivity contribution in [3.05, 3.63) is 90.0 Å². The number of benzene rings is 1. The number of aromatic nitrogens is 2. The molecule has 21 heavy (non-hydrogen) atoms. The number of pyridine rings is 2. The third-order valence-corrected chi connectivity index (χ3v) is 3.42. The smallest absolute Gasteiger partial charge is 0.0940 e. The van der Waals surface area contributed by atoms with Gasteiger partial charge in [0.05, 0.1) is 23.1 Å². The molecular weight excluding hydrogens is 258 g/mol. The number of hydrogen-bond acceptors (Lipinski definition) is 3. The first-order valence-corrected chi connectivity index (χ1v) is 6.98. The maximum atomic E-state index is 4.50. The summed E-state index contributed by atoms with van der Waals surface area (Å²) in [6.07, 6.45) is 3.63. The van der Waals surface area contributed by atoms with Crippen LogP contribution in [0.15, 0.2) is 73.1 Å². The molecular formula is C18H17N3. The third-order valence-electron chi connectivity index (χ3n) is 3.42. The van der Waals surface area contributed by atoms with E-state index in [1.54, 1.807) is 6.20 Å². The summed E-state index contributed by atoms with van der Waals surface area (Å²) in [5.74, 6) is 0. The summed E-state index contributed by atoms with van der Waals surface area (Å²) in [6, 6.07) is 20.3. The molecule has 0 saturated heterocycles. The quantitative estimate of drug-likeness (QED) is 0.782. The first kappa shape index (κ1) is 13.3. The number of nitrogens with one attached hydrogen (secondary N) is 1. The van der Waals surface area contributed by atoms with Gasteiger partial charge in [0.2, 0.25) is 0 Å². The van der Waals surface area contributed by atoms with Crippen LogP contribution in [0.4, 0.5) is 5.69 Å². The van der Waals surface area contributed by atoms with E-state index in [9.17, 15) is 0 Å². The molecule has 0 radical (unpaired) electrons. The lowest BCUT2D eigenvalue weighted by Crippen LogP contribution is -2.14. The van der Waals surface area contributed by atoms with Crippen molar-refractivity contribution in [1.82, 2.24) is 9.97 Å². The molecule has 3 heteroatoms. The first-order valence-electron chi connectivity index (χ1n) is 6.98. The Morgan fingerprint density at radius 2 is 1.57 bits per heavy atom. The summed E-state index contributed by atoms with van der Waals surface area (Å²) in [7, 11) is 0. The van der Waals surface area contributed by atoms with E-state index in [4.69, 9.17) is 0 Å². The van der Waals surface area contributed by atoms with Crippen LogP contribution in [0, 0.1) is 6.92 Å². The van der Waals surface area contributed by atoms with Crippen molar-refractivity contribution in [3.63, 3.8) is 0 Å². The van der Waals surface area contributed by atoms with Crippen LogP contribution in [0.25, 0.3) is 0 Å². The van der Waals surface area contributed by atoms with Gasteiger partial charge in [-0.15, -0.1) is 0 Å². The zero-order valence-electron chi connectivity index (χ0n) is 11.9. The zero-order chi connectivity index (χ0) is 14.5.